The second-order valence-corrected chi connectivity index (χ2v) is 3.04. The summed E-state index contributed by atoms with van der Waals surface area (Å²) in [6.45, 7) is 1.88. The van der Waals surface area contributed by atoms with Gasteiger partial charge in [-0.2, -0.15) is 0 Å². The van der Waals surface area contributed by atoms with E-state index in [1.54, 1.807) is 11.8 Å². The molecule has 0 bridgehead atoms. The third kappa shape index (κ3) is 1.45. The summed E-state index contributed by atoms with van der Waals surface area (Å²) in [5.41, 5.74) is -0.342. The lowest BCUT2D eigenvalue weighted by atomic mass is 9.93. The van der Waals surface area contributed by atoms with Crippen LogP contribution in [0.4, 0.5) is 0 Å². The number of aldehydes is 1. The highest BCUT2D eigenvalue weighted by molar-refractivity contribution is 8.04. The van der Waals surface area contributed by atoms with Crippen LogP contribution < -0.4 is 0 Å². The zero-order valence-corrected chi connectivity index (χ0v) is 6.02. The molecule has 0 spiro atoms. The first-order valence-electron chi connectivity index (χ1n) is 2.74. The molecule has 9 heavy (non-hydrogen) atoms. The minimum Gasteiger partial charge on any atom is -0.302 e. The highest BCUT2D eigenvalue weighted by atomic mass is 32.2. The van der Waals surface area contributed by atoms with Crippen LogP contribution in [0.1, 0.15) is 6.92 Å². The average Bonchev–Trinajstić information content (AvgIpc) is 1.90. The first-order valence-corrected chi connectivity index (χ1v) is 3.68. The van der Waals surface area contributed by atoms with Crippen molar-refractivity contribution in [3.63, 3.8) is 0 Å². The molecule has 0 aromatic carbocycles. The van der Waals surface area contributed by atoms with Crippen molar-refractivity contribution in [1.82, 2.24) is 0 Å². The number of allylic oxidation sites excluding steroid dienone is 2. The number of hydrogen-bond acceptors (Lipinski definition) is 2. The van der Waals surface area contributed by atoms with Crippen LogP contribution in [0.2, 0.25) is 0 Å². The topological polar surface area (TPSA) is 17.1 Å². The van der Waals surface area contributed by atoms with Crippen LogP contribution in [0.15, 0.2) is 23.0 Å². The average molecular weight is 140 g/mol. The molecule has 0 unspecified atom stereocenters. The Balaban J connectivity index is 2.78. The molecule has 0 fully saturated rings. The van der Waals surface area contributed by atoms with E-state index >= 15 is 0 Å². The zero-order valence-electron chi connectivity index (χ0n) is 5.20. The third-order valence-electron chi connectivity index (χ3n) is 1.27. The van der Waals surface area contributed by atoms with Crippen molar-refractivity contribution in [2.24, 2.45) is 5.41 Å². The minimum atomic E-state index is -0.342. The predicted molar refractivity (Wildman–Crippen MR) is 40.0 cm³/mol. The first kappa shape index (κ1) is 6.62. The largest absolute Gasteiger partial charge is 0.302 e. The number of rotatable bonds is 1. The van der Waals surface area contributed by atoms with Crippen molar-refractivity contribution in [2.45, 2.75) is 6.92 Å². The van der Waals surface area contributed by atoms with E-state index in [9.17, 15) is 4.79 Å². The van der Waals surface area contributed by atoms with E-state index in [1.807, 2.05) is 29.9 Å². The SMILES string of the molecule is CC1(C=O)C=CSC=C1. The predicted octanol–water partition coefficient (Wildman–Crippen LogP) is 1.97. The van der Waals surface area contributed by atoms with Gasteiger partial charge in [0, 0.05) is 0 Å². The van der Waals surface area contributed by atoms with Crippen LogP contribution in [0.5, 0.6) is 0 Å². The first-order chi connectivity index (χ1) is 4.27. The number of thioether (sulfide) groups is 1. The maximum absolute atomic E-state index is 10.4. The van der Waals surface area contributed by atoms with E-state index in [0.717, 1.165) is 6.29 Å². The van der Waals surface area contributed by atoms with E-state index in [4.69, 9.17) is 0 Å². The molecule has 1 aliphatic heterocycles. The number of carbonyl (C=O) groups excluding carboxylic acids is 1. The van der Waals surface area contributed by atoms with Gasteiger partial charge in [-0.25, -0.2) is 0 Å². The van der Waals surface area contributed by atoms with Gasteiger partial charge in [0.2, 0.25) is 0 Å². The summed E-state index contributed by atoms with van der Waals surface area (Å²) in [6, 6.07) is 0. The standard InChI is InChI=1S/C7H8OS/c1-7(6-8)2-4-9-5-3-7/h2-6H,1H3. The quantitative estimate of drug-likeness (QED) is 0.518. The lowest BCUT2D eigenvalue weighted by Gasteiger charge is -2.14. The second-order valence-electron chi connectivity index (χ2n) is 2.23. The molecule has 0 saturated heterocycles. The summed E-state index contributed by atoms with van der Waals surface area (Å²) in [7, 11) is 0. The fraction of sp³-hybridized carbons (Fsp3) is 0.286. The molecule has 0 radical (unpaired) electrons. The van der Waals surface area contributed by atoms with E-state index in [1.165, 1.54) is 0 Å². The van der Waals surface area contributed by atoms with Gasteiger partial charge in [-0.05, 0) is 17.7 Å². The van der Waals surface area contributed by atoms with Crippen molar-refractivity contribution >= 4 is 18.0 Å². The van der Waals surface area contributed by atoms with Crippen molar-refractivity contribution in [3.8, 4) is 0 Å². The summed E-state index contributed by atoms with van der Waals surface area (Å²) in [6.07, 6.45) is 4.73. The molecule has 1 nitrogen and oxygen atoms in total. The molecular formula is C7H8OS. The fourth-order valence-electron chi connectivity index (χ4n) is 0.551. The van der Waals surface area contributed by atoms with Gasteiger partial charge in [0.25, 0.3) is 0 Å². The summed E-state index contributed by atoms with van der Waals surface area (Å²) >= 11 is 1.59. The Morgan fingerprint density at radius 1 is 1.44 bits per heavy atom. The highest BCUT2D eigenvalue weighted by Gasteiger charge is 2.16. The normalized spacial score (nSPS) is 21.9. The van der Waals surface area contributed by atoms with Crippen molar-refractivity contribution in [2.75, 3.05) is 0 Å². The molecule has 0 aromatic heterocycles. The minimum absolute atomic E-state index is 0.342. The summed E-state index contributed by atoms with van der Waals surface area (Å²) in [4.78, 5) is 10.4. The maximum Gasteiger partial charge on any atom is 0.133 e. The van der Waals surface area contributed by atoms with Crippen LogP contribution >= 0.6 is 11.8 Å². The third-order valence-corrected chi connectivity index (χ3v) is 1.85. The van der Waals surface area contributed by atoms with Crippen LogP contribution in [0.3, 0.4) is 0 Å². The van der Waals surface area contributed by atoms with Gasteiger partial charge in [-0.1, -0.05) is 12.2 Å². The Labute approximate surface area is 58.8 Å². The van der Waals surface area contributed by atoms with Gasteiger partial charge in [-0.3, -0.25) is 0 Å². The number of carbonyl (C=O) groups is 1. The summed E-state index contributed by atoms with van der Waals surface area (Å²) in [5.74, 6) is 0. The monoisotopic (exact) mass is 140 g/mol. The molecule has 1 aliphatic rings. The Morgan fingerprint density at radius 3 is 2.33 bits per heavy atom. The molecule has 1 heterocycles. The van der Waals surface area contributed by atoms with E-state index in [0.29, 0.717) is 0 Å². The summed E-state index contributed by atoms with van der Waals surface area (Å²) in [5, 5.41) is 3.85. The molecule has 0 aromatic rings. The fourth-order valence-corrected chi connectivity index (χ4v) is 1.39. The van der Waals surface area contributed by atoms with E-state index in [2.05, 4.69) is 0 Å². The molecule has 1 rings (SSSR count). The van der Waals surface area contributed by atoms with Gasteiger partial charge in [0.05, 0.1) is 5.41 Å². The number of hydrogen-bond donors (Lipinski definition) is 0. The molecule has 0 atom stereocenters. The van der Waals surface area contributed by atoms with Crippen LogP contribution in [-0.4, -0.2) is 6.29 Å². The van der Waals surface area contributed by atoms with Gasteiger partial charge in [-0.15, -0.1) is 11.8 Å². The second kappa shape index (κ2) is 2.40. The molecule has 0 aliphatic carbocycles. The molecule has 0 N–H and O–H groups in total. The van der Waals surface area contributed by atoms with Crippen LogP contribution in [0, 0.1) is 5.41 Å². The Morgan fingerprint density at radius 2 is 2.00 bits per heavy atom. The lowest BCUT2D eigenvalue weighted by Crippen LogP contribution is -2.11. The van der Waals surface area contributed by atoms with E-state index in [-0.39, 0.29) is 5.41 Å². The molecular weight excluding hydrogens is 132 g/mol. The Bertz CT molecular complexity index is 158. The van der Waals surface area contributed by atoms with Gasteiger partial charge < -0.3 is 4.79 Å². The lowest BCUT2D eigenvalue weighted by molar-refractivity contribution is -0.111. The maximum atomic E-state index is 10.4. The van der Waals surface area contributed by atoms with Gasteiger partial charge in [0.15, 0.2) is 0 Å². The smallest absolute Gasteiger partial charge is 0.133 e. The van der Waals surface area contributed by atoms with Crippen LogP contribution in [0.25, 0.3) is 0 Å². The van der Waals surface area contributed by atoms with Crippen LogP contribution in [-0.2, 0) is 4.79 Å². The molecule has 0 amide bonds. The Kier molecular flexibility index (Phi) is 1.76. The summed E-state index contributed by atoms with van der Waals surface area (Å²) < 4.78 is 0. The van der Waals surface area contributed by atoms with E-state index < -0.39 is 0 Å². The van der Waals surface area contributed by atoms with Crippen molar-refractivity contribution in [3.05, 3.63) is 23.0 Å². The molecule has 2 heteroatoms. The highest BCUT2D eigenvalue weighted by Crippen LogP contribution is 2.25. The molecule has 0 saturated carbocycles. The van der Waals surface area contributed by atoms with Gasteiger partial charge in [0.1, 0.15) is 6.29 Å². The van der Waals surface area contributed by atoms with Gasteiger partial charge >= 0.3 is 0 Å². The van der Waals surface area contributed by atoms with Crippen molar-refractivity contribution in [1.29, 1.82) is 0 Å². The Hall–Kier alpha value is -0.500. The zero-order chi connectivity index (χ0) is 6.74. The van der Waals surface area contributed by atoms with Crippen molar-refractivity contribution < 1.29 is 4.79 Å². The molecule has 48 valence electrons.